The molecule has 0 aliphatic heterocycles. The maximum Gasteiger partial charge on any atom is 0.331 e. The smallest absolute Gasteiger partial charge is 0.331 e. The third-order valence-electron chi connectivity index (χ3n) is 3.19. The fraction of sp³-hybridized carbons (Fsp3) is 0.571. The standard InChI is InChI=1S/C14H21N3O5S/c1-3-4-6-17-12(19)9(11(18)16-14(17)22)8-15-10(13(20)21)5-7-23-2/h8,10,19H,3-7H2,1-2H3,(H,20,21)(H,16,18,22)/p-1/t10-/m1/s1. The number of H-pyrrole nitrogens is 1. The van der Waals surface area contributed by atoms with Crippen LogP contribution in [0.25, 0.3) is 0 Å². The predicted molar refractivity (Wildman–Crippen MR) is 87.3 cm³/mol. The van der Waals surface area contributed by atoms with E-state index in [0.29, 0.717) is 12.2 Å². The van der Waals surface area contributed by atoms with E-state index in [0.717, 1.165) is 17.2 Å². The highest BCUT2D eigenvalue weighted by molar-refractivity contribution is 7.98. The van der Waals surface area contributed by atoms with Gasteiger partial charge in [-0.1, -0.05) is 13.3 Å². The molecule has 0 spiro atoms. The zero-order valence-corrected chi connectivity index (χ0v) is 13.9. The first-order chi connectivity index (χ1) is 10.9. The van der Waals surface area contributed by atoms with Crippen LogP contribution in [0.3, 0.4) is 0 Å². The number of nitrogens with zero attached hydrogens (tertiary/aromatic N) is 2. The van der Waals surface area contributed by atoms with Gasteiger partial charge in [0.05, 0.1) is 12.0 Å². The van der Waals surface area contributed by atoms with Gasteiger partial charge >= 0.3 is 5.69 Å². The predicted octanol–water partition coefficient (Wildman–Crippen LogP) is -0.667. The van der Waals surface area contributed by atoms with Crippen molar-refractivity contribution in [2.24, 2.45) is 4.99 Å². The Hall–Kier alpha value is -2.03. The zero-order valence-electron chi connectivity index (χ0n) is 13.1. The zero-order chi connectivity index (χ0) is 17.4. The molecule has 8 nitrogen and oxygen atoms in total. The Morgan fingerprint density at radius 1 is 1.52 bits per heavy atom. The van der Waals surface area contributed by atoms with Gasteiger partial charge in [0.15, 0.2) is 0 Å². The van der Waals surface area contributed by atoms with Crippen LogP contribution in [0, 0.1) is 0 Å². The summed E-state index contributed by atoms with van der Waals surface area (Å²) in [4.78, 5) is 40.4. The molecular weight excluding hydrogens is 322 g/mol. The summed E-state index contributed by atoms with van der Waals surface area (Å²) in [5.74, 6) is -1.31. The lowest BCUT2D eigenvalue weighted by Crippen LogP contribution is -2.35. The van der Waals surface area contributed by atoms with Gasteiger partial charge in [-0.15, -0.1) is 0 Å². The fourth-order valence-electron chi connectivity index (χ4n) is 1.86. The van der Waals surface area contributed by atoms with E-state index < -0.39 is 29.1 Å². The maximum atomic E-state index is 11.8. The molecule has 0 aromatic carbocycles. The van der Waals surface area contributed by atoms with E-state index >= 15 is 0 Å². The molecule has 1 heterocycles. The molecule has 1 aromatic heterocycles. The van der Waals surface area contributed by atoms with Crippen LogP contribution in [0.4, 0.5) is 0 Å². The van der Waals surface area contributed by atoms with Crippen LogP contribution in [0.15, 0.2) is 14.6 Å². The second-order valence-corrected chi connectivity index (χ2v) is 5.88. The number of aliphatic imine (C=N–C) groups is 1. The Balaban J connectivity index is 3.16. The van der Waals surface area contributed by atoms with Gasteiger partial charge in [0, 0.05) is 12.8 Å². The quantitative estimate of drug-likeness (QED) is 0.573. The van der Waals surface area contributed by atoms with Gasteiger partial charge in [-0.2, -0.15) is 11.8 Å². The minimum Gasteiger partial charge on any atom is -0.548 e. The second-order valence-electron chi connectivity index (χ2n) is 4.90. The third kappa shape index (κ3) is 5.27. The number of hydrogen-bond donors (Lipinski definition) is 2. The van der Waals surface area contributed by atoms with Crippen molar-refractivity contribution in [1.29, 1.82) is 0 Å². The average molecular weight is 342 g/mol. The molecular formula is C14H20N3O5S-. The monoisotopic (exact) mass is 342 g/mol. The Morgan fingerprint density at radius 3 is 2.78 bits per heavy atom. The molecule has 0 radical (unpaired) electrons. The highest BCUT2D eigenvalue weighted by Crippen LogP contribution is 2.10. The molecule has 0 saturated heterocycles. The number of unbranched alkanes of at least 4 members (excludes halogenated alkanes) is 1. The number of thioether (sulfide) groups is 1. The molecule has 0 fully saturated rings. The first-order valence-electron chi connectivity index (χ1n) is 7.21. The number of carbonyl (C=O) groups is 1. The number of aromatic hydroxyl groups is 1. The van der Waals surface area contributed by atoms with Crippen LogP contribution in [0.5, 0.6) is 5.88 Å². The first kappa shape index (κ1) is 19.0. The summed E-state index contributed by atoms with van der Waals surface area (Å²) < 4.78 is 1.03. The lowest BCUT2D eigenvalue weighted by atomic mass is 10.2. The summed E-state index contributed by atoms with van der Waals surface area (Å²) in [5.41, 5.74) is -1.76. The first-order valence-corrected chi connectivity index (χ1v) is 8.60. The highest BCUT2D eigenvalue weighted by atomic mass is 32.2. The van der Waals surface area contributed by atoms with Crippen LogP contribution < -0.4 is 16.4 Å². The SMILES string of the molecule is CCCCn1c(O)c(C=N[C@H](CCSC)C(=O)[O-])c(=O)[nH]c1=O. The van der Waals surface area contributed by atoms with E-state index in [2.05, 4.69) is 9.98 Å². The van der Waals surface area contributed by atoms with Crippen molar-refractivity contribution in [2.45, 2.75) is 38.8 Å². The molecule has 0 amide bonds. The number of nitrogens with one attached hydrogen (secondary N) is 1. The second kappa shape index (κ2) is 9.19. The van der Waals surface area contributed by atoms with Crippen molar-refractivity contribution >= 4 is 23.9 Å². The molecule has 0 bridgehead atoms. The van der Waals surface area contributed by atoms with Crippen LogP contribution in [-0.2, 0) is 11.3 Å². The van der Waals surface area contributed by atoms with Crippen LogP contribution in [-0.4, -0.2) is 44.9 Å². The molecule has 0 aliphatic carbocycles. The van der Waals surface area contributed by atoms with Crippen molar-refractivity contribution < 1.29 is 15.0 Å². The molecule has 9 heteroatoms. The average Bonchev–Trinajstić information content (AvgIpc) is 2.49. The topological polar surface area (TPSA) is 128 Å². The summed E-state index contributed by atoms with van der Waals surface area (Å²) in [5, 5.41) is 21.1. The summed E-state index contributed by atoms with van der Waals surface area (Å²) >= 11 is 1.46. The lowest BCUT2D eigenvalue weighted by molar-refractivity contribution is -0.307. The summed E-state index contributed by atoms with van der Waals surface area (Å²) in [6.07, 6.45) is 4.50. The normalized spacial score (nSPS) is 12.6. The molecule has 0 aliphatic rings. The number of aromatic nitrogens is 2. The number of rotatable bonds is 9. The number of hydrogen-bond acceptors (Lipinski definition) is 7. The van der Waals surface area contributed by atoms with Crippen molar-refractivity contribution in [3.8, 4) is 5.88 Å². The van der Waals surface area contributed by atoms with Gasteiger partial charge in [-0.3, -0.25) is 19.3 Å². The van der Waals surface area contributed by atoms with Gasteiger partial charge in [0.1, 0.15) is 5.56 Å². The minimum atomic E-state index is -1.36. The molecule has 1 rings (SSSR count). The van der Waals surface area contributed by atoms with Gasteiger partial charge in [-0.05, 0) is 24.9 Å². The molecule has 1 aromatic rings. The molecule has 0 unspecified atom stereocenters. The number of carboxylic acid groups (broad SMARTS) is 1. The van der Waals surface area contributed by atoms with Crippen LogP contribution in [0.1, 0.15) is 31.7 Å². The maximum absolute atomic E-state index is 11.8. The number of aromatic amines is 1. The van der Waals surface area contributed by atoms with Crippen molar-refractivity contribution in [1.82, 2.24) is 9.55 Å². The lowest BCUT2D eigenvalue weighted by Gasteiger charge is -2.13. The van der Waals surface area contributed by atoms with E-state index in [1.165, 1.54) is 11.8 Å². The van der Waals surface area contributed by atoms with Gasteiger partial charge in [0.2, 0.25) is 5.88 Å². The van der Waals surface area contributed by atoms with E-state index in [1.807, 2.05) is 13.2 Å². The molecule has 128 valence electrons. The third-order valence-corrected chi connectivity index (χ3v) is 3.84. The molecule has 0 saturated carbocycles. The van der Waals surface area contributed by atoms with Gasteiger partial charge < -0.3 is 15.0 Å². The number of carboxylic acids is 1. The van der Waals surface area contributed by atoms with Crippen molar-refractivity contribution in [3.63, 3.8) is 0 Å². The van der Waals surface area contributed by atoms with Gasteiger partial charge in [0.25, 0.3) is 5.56 Å². The highest BCUT2D eigenvalue weighted by Gasteiger charge is 2.13. The van der Waals surface area contributed by atoms with Crippen LogP contribution in [0.2, 0.25) is 0 Å². The Labute approximate surface area is 137 Å². The van der Waals surface area contributed by atoms with Gasteiger partial charge in [-0.25, -0.2) is 4.79 Å². The largest absolute Gasteiger partial charge is 0.548 e. The van der Waals surface area contributed by atoms with Crippen LogP contribution >= 0.6 is 11.8 Å². The Morgan fingerprint density at radius 2 is 2.22 bits per heavy atom. The van der Waals surface area contributed by atoms with E-state index in [9.17, 15) is 24.6 Å². The Kier molecular flexibility index (Phi) is 7.60. The summed E-state index contributed by atoms with van der Waals surface area (Å²) in [7, 11) is 0. The van der Waals surface area contributed by atoms with E-state index in [-0.39, 0.29) is 18.5 Å². The molecule has 1 atom stereocenters. The fourth-order valence-corrected chi connectivity index (χ4v) is 2.32. The van der Waals surface area contributed by atoms with Crippen molar-refractivity contribution in [2.75, 3.05) is 12.0 Å². The summed E-state index contributed by atoms with van der Waals surface area (Å²) in [6.45, 7) is 2.17. The van der Waals surface area contributed by atoms with Crippen molar-refractivity contribution in [3.05, 3.63) is 26.4 Å². The molecule has 2 N–H and O–H groups in total. The molecule has 23 heavy (non-hydrogen) atoms. The van der Waals surface area contributed by atoms with E-state index in [1.54, 1.807) is 0 Å². The van der Waals surface area contributed by atoms with E-state index in [4.69, 9.17) is 0 Å². The Bertz CT molecular complexity index is 680. The number of aliphatic carboxylic acids is 1. The number of carbonyl (C=O) groups excluding carboxylic acids is 1. The minimum absolute atomic E-state index is 0.240. The summed E-state index contributed by atoms with van der Waals surface area (Å²) in [6, 6.07) is -1.11.